The van der Waals surface area contributed by atoms with E-state index < -0.39 is 12.1 Å². The van der Waals surface area contributed by atoms with Crippen molar-refractivity contribution >= 4 is 17.6 Å². The molecule has 5 atom stereocenters. The van der Waals surface area contributed by atoms with Crippen LogP contribution in [0.5, 0.6) is 0 Å². The van der Waals surface area contributed by atoms with Crippen LogP contribution in [0.15, 0.2) is 36.4 Å². The molecule has 0 amide bonds. The number of carbonyl (C=O) groups is 1. The summed E-state index contributed by atoms with van der Waals surface area (Å²) in [6.45, 7) is 6.35. The molecule has 0 aliphatic heterocycles. The third-order valence-electron chi connectivity index (χ3n) is 7.10. The van der Waals surface area contributed by atoms with Gasteiger partial charge in [0.15, 0.2) is 0 Å². The van der Waals surface area contributed by atoms with Crippen molar-refractivity contribution in [2.45, 2.75) is 107 Å². The zero-order chi connectivity index (χ0) is 23.7. The Bertz CT molecular complexity index is 728. The number of carboxylic acid groups (broad SMARTS) is 1. The highest BCUT2D eigenvalue weighted by atomic mass is 35.5. The fourth-order valence-electron chi connectivity index (χ4n) is 4.84. The molecule has 1 aromatic carbocycles. The second-order valence-corrected chi connectivity index (χ2v) is 10.4. The summed E-state index contributed by atoms with van der Waals surface area (Å²) in [4.78, 5) is 10.6. The lowest BCUT2D eigenvalue weighted by Crippen LogP contribution is -2.33. The van der Waals surface area contributed by atoms with Crippen LogP contribution < -0.4 is 0 Å². The molecule has 0 bridgehead atoms. The molecule has 3 N–H and O–H groups in total. The molecule has 4 nitrogen and oxygen atoms in total. The van der Waals surface area contributed by atoms with Crippen molar-refractivity contribution in [2.75, 3.05) is 0 Å². The summed E-state index contributed by atoms with van der Waals surface area (Å²) >= 11 is 6.60. The topological polar surface area (TPSA) is 77.8 Å². The maximum absolute atomic E-state index is 10.7. The van der Waals surface area contributed by atoms with Gasteiger partial charge in [0.2, 0.25) is 0 Å². The Kier molecular flexibility index (Phi) is 10.7. The second kappa shape index (κ2) is 12.8. The molecule has 0 radical (unpaired) electrons. The molecule has 0 spiro atoms. The molecule has 0 aromatic heterocycles. The van der Waals surface area contributed by atoms with Crippen LogP contribution in [-0.2, 0) is 10.2 Å². The van der Waals surface area contributed by atoms with Crippen molar-refractivity contribution in [2.24, 2.45) is 5.92 Å². The van der Waals surface area contributed by atoms with E-state index in [0.29, 0.717) is 12.8 Å². The van der Waals surface area contributed by atoms with E-state index in [9.17, 15) is 15.0 Å². The van der Waals surface area contributed by atoms with E-state index in [-0.39, 0.29) is 35.2 Å². The summed E-state index contributed by atoms with van der Waals surface area (Å²) in [6.07, 6.45) is 10.3. The fourth-order valence-corrected chi connectivity index (χ4v) is 5.29. The summed E-state index contributed by atoms with van der Waals surface area (Å²) < 4.78 is 0. The number of allylic oxidation sites excluding steroid dienone is 2. The van der Waals surface area contributed by atoms with Gasteiger partial charge in [-0.05, 0) is 49.1 Å². The highest BCUT2D eigenvalue weighted by Crippen LogP contribution is 2.45. The zero-order valence-corrected chi connectivity index (χ0v) is 20.6. The number of carboxylic acids is 1. The number of aliphatic carboxylic acids is 1. The van der Waals surface area contributed by atoms with Gasteiger partial charge in [-0.3, -0.25) is 4.79 Å². The van der Waals surface area contributed by atoms with Crippen LogP contribution in [0.3, 0.4) is 0 Å². The lowest BCUT2D eigenvalue weighted by molar-refractivity contribution is -0.137. The van der Waals surface area contributed by atoms with Crippen LogP contribution in [0.4, 0.5) is 0 Å². The number of alkyl halides is 1. The maximum atomic E-state index is 10.7. The normalized spacial score (nSPS) is 24.8. The van der Waals surface area contributed by atoms with Crippen LogP contribution in [0, 0.1) is 5.92 Å². The van der Waals surface area contributed by atoms with E-state index in [2.05, 4.69) is 51.1 Å². The number of benzene rings is 1. The quantitative estimate of drug-likeness (QED) is 0.185. The highest BCUT2D eigenvalue weighted by Gasteiger charge is 2.41. The van der Waals surface area contributed by atoms with E-state index in [1.807, 2.05) is 6.08 Å². The number of hydrogen-bond acceptors (Lipinski definition) is 3. The average molecular weight is 465 g/mol. The summed E-state index contributed by atoms with van der Waals surface area (Å²) in [5, 5.41) is 30.1. The molecular weight excluding hydrogens is 424 g/mol. The van der Waals surface area contributed by atoms with E-state index in [0.717, 1.165) is 49.7 Å². The molecular formula is C27H41ClO4. The average Bonchev–Trinajstić information content (AvgIpc) is 3.03. The second-order valence-electron chi connectivity index (χ2n) is 9.86. The van der Waals surface area contributed by atoms with Gasteiger partial charge in [-0.1, -0.05) is 76.5 Å². The first-order valence-electron chi connectivity index (χ1n) is 12.2. The SMILES string of the molecule is CCCCCC(O)C(C)(C)c1ccc([C@@H]2[C@@H](CC=CCCCC(=O)O)[C@H](Cl)C[C@H]2O)cc1. The van der Waals surface area contributed by atoms with Crippen LogP contribution in [0.25, 0.3) is 0 Å². The lowest BCUT2D eigenvalue weighted by atomic mass is 9.76. The van der Waals surface area contributed by atoms with Crippen LogP contribution in [0.2, 0.25) is 0 Å². The highest BCUT2D eigenvalue weighted by molar-refractivity contribution is 6.21. The molecule has 1 aliphatic rings. The number of aliphatic hydroxyl groups excluding tert-OH is 2. The van der Waals surface area contributed by atoms with Crippen molar-refractivity contribution in [1.82, 2.24) is 0 Å². The first-order valence-corrected chi connectivity index (χ1v) is 12.6. The van der Waals surface area contributed by atoms with Gasteiger partial charge >= 0.3 is 5.97 Å². The number of rotatable bonds is 13. The Morgan fingerprint density at radius 3 is 2.50 bits per heavy atom. The van der Waals surface area contributed by atoms with Crippen molar-refractivity contribution in [3.8, 4) is 0 Å². The predicted octanol–water partition coefficient (Wildman–Crippen LogP) is 6.18. The third-order valence-corrected chi connectivity index (χ3v) is 7.60. The van der Waals surface area contributed by atoms with Crippen molar-refractivity contribution < 1.29 is 20.1 Å². The van der Waals surface area contributed by atoms with Gasteiger partial charge in [0.25, 0.3) is 0 Å². The summed E-state index contributed by atoms with van der Waals surface area (Å²) in [7, 11) is 0. The van der Waals surface area contributed by atoms with Gasteiger partial charge in [0, 0.05) is 23.1 Å². The first kappa shape index (κ1) is 26.9. The van der Waals surface area contributed by atoms with Crippen molar-refractivity contribution in [1.29, 1.82) is 0 Å². The van der Waals surface area contributed by atoms with Crippen LogP contribution in [0.1, 0.15) is 95.6 Å². The molecule has 1 unspecified atom stereocenters. The molecule has 2 rings (SSSR count). The van der Waals surface area contributed by atoms with Gasteiger partial charge < -0.3 is 15.3 Å². The van der Waals surface area contributed by atoms with E-state index in [1.54, 1.807) is 0 Å². The van der Waals surface area contributed by atoms with E-state index >= 15 is 0 Å². The maximum Gasteiger partial charge on any atom is 0.303 e. The number of unbranched alkanes of at least 4 members (excludes halogenated alkanes) is 3. The van der Waals surface area contributed by atoms with E-state index in [1.165, 1.54) is 0 Å². The standard InChI is InChI=1S/C27H41ClO4/c1-4-5-8-12-24(30)27(2,3)20-16-14-19(15-17-20)26-21(22(28)18-23(26)29)11-9-6-7-10-13-25(31)32/h6,9,14-17,21-24,26,29-30H,4-5,7-8,10-13,18H2,1-3H3,(H,31,32)/t21-,22+,23+,24?,26+/m0/s1. The Hall–Kier alpha value is -1.36. The third kappa shape index (κ3) is 7.33. The first-order chi connectivity index (χ1) is 15.2. The Balaban J connectivity index is 2.05. The number of hydrogen-bond donors (Lipinski definition) is 3. The minimum absolute atomic E-state index is 0.0205. The molecule has 1 saturated carbocycles. The van der Waals surface area contributed by atoms with Gasteiger partial charge in [-0.15, -0.1) is 11.6 Å². The lowest BCUT2D eigenvalue weighted by Gasteiger charge is -2.32. The largest absolute Gasteiger partial charge is 0.481 e. The minimum atomic E-state index is -0.765. The predicted molar refractivity (Wildman–Crippen MR) is 131 cm³/mol. The molecule has 0 heterocycles. The summed E-state index contributed by atoms with van der Waals surface area (Å²) in [6, 6.07) is 8.35. The fraction of sp³-hybridized carbons (Fsp3) is 0.667. The number of halogens is 1. The monoisotopic (exact) mass is 464 g/mol. The molecule has 1 aromatic rings. The van der Waals surface area contributed by atoms with Gasteiger partial charge in [-0.25, -0.2) is 0 Å². The Morgan fingerprint density at radius 2 is 1.88 bits per heavy atom. The van der Waals surface area contributed by atoms with Crippen molar-refractivity contribution in [3.63, 3.8) is 0 Å². The summed E-state index contributed by atoms with van der Waals surface area (Å²) in [5.41, 5.74) is 1.87. The molecule has 32 heavy (non-hydrogen) atoms. The Labute approximate surface area is 198 Å². The van der Waals surface area contributed by atoms with Crippen LogP contribution >= 0.6 is 11.6 Å². The summed E-state index contributed by atoms with van der Waals surface area (Å²) in [5.74, 6) is -0.646. The zero-order valence-electron chi connectivity index (χ0n) is 19.8. The molecule has 180 valence electrons. The minimum Gasteiger partial charge on any atom is -0.481 e. The number of aliphatic hydroxyl groups is 2. The van der Waals surface area contributed by atoms with E-state index in [4.69, 9.17) is 16.7 Å². The molecule has 5 heteroatoms. The molecule has 1 aliphatic carbocycles. The van der Waals surface area contributed by atoms with Gasteiger partial charge in [0.1, 0.15) is 0 Å². The van der Waals surface area contributed by atoms with Crippen molar-refractivity contribution in [3.05, 3.63) is 47.5 Å². The van der Waals surface area contributed by atoms with Crippen LogP contribution in [-0.4, -0.2) is 38.9 Å². The Morgan fingerprint density at radius 1 is 1.19 bits per heavy atom. The smallest absolute Gasteiger partial charge is 0.303 e. The van der Waals surface area contributed by atoms with Gasteiger partial charge in [-0.2, -0.15) is 0 Å². The molecule has 0 saturated heterocycles. The van der Waals surface area contributed by atoms with Gasteiger partial charge in [0.05, 0.1) is 12.2 Å². The molecule has 1 fully saturated rings.